The Bertz CT molecular complexity index is 321. The molecule has 2 N–H and O–H groups in total. The van der Waals surface area contributed by atoms with Gasteiger partial charge in [0.25, 0.3) is 0 Å². The summed E-state index contributed by atoms with van der Waals surface area (Å²) in [5.41, 5.74) is 0.0809. The molecule has 0 amide bonds. The highest BCUT2D eigenvalue weighted by atomic mass is 16.3. The largest absolute Gasteiger partial charge is 0.392 e. The molecular weight excluding hydrogens is 164 g/mol. The van der Waals surface area contributed by atoms with Crippen molar-refractivity contribution >= 4 is 0 Å². The highest BCUT2D eigenvalue weighted by molar-refractivity contribution is 5.32. The van der Waals surface area contributed by atoms with Crippen LogP contribution in [-0.2, 0) is 5.60 Å². The topological polar surface area (TPSA) is 40.5 Å². The first-order valence-electron chi connectivity index (χ1n) is 4.00. The lowest BCUT2D eigenvalue weighted by molar-refractivity contribution is 0.0330. The number of hydrogen-bond acceptors (Lipinski definition) is 2. The minimum absolute atomic E-state index is 0.466. The summed E-state index contributed by atoms with van der Waals surface area (Å²) >= 11 is 0. The van der Waals surface area contributed by atoms with Crippen LogP contribution in [0.15, 0.2) is 24.3 Å². The fourth-order valence-corrected chi connectivity index (χ4v) is 1.05. The first-order chi connectivity index (χ1) is 6.12. The predicted octanol–water partition coefficient (Wildman–Crippen LogP) is 0.808. The molecular formula is C11H12O2. The van der Waals surface area contributed by atoms with Crippen LogP contribution in [0.3, 0.4) is 0 Å². The van der Waals surface area contributed by atoms with E-state index >= 15 is 0 Å². The quantitative estimate of drug-likeness (QED) is 0.654. The highest BCUT2D eigenvalue weighted by Crippen LogP contribution is 2.19. The van der Waals surface area contributed by atoms with E-state index in [0.717, 1.165) is 5.56 Å². The van der Waals surface area contributed by atoms with Crippen molar-refractivity contribution in [3.63, 3.8) is 0 Å². The summed E-state index contributed by atoms with van der Waals surface area (Å²) in [5.74, 6) is 2.17. The standard InChI is InChI=1S/C11H12O2/c1-3-11(13,8-12)10-6-4-9(2)5-7-10/h1,4-7,12-13H,8H2,2H3. The van der Waals surface area contributed by atoms with Crippen molar-refractivity contribution in [1.29, 1.82) is 0 Å². The Morgan fingerprint density at radius 3 is 2.31 bits per heavy atom. The average Bonchev–Trinajstić information content (AvgIpc) is 2.18. The molecule has 0 saturated carbocycles. The zero-order chi connectivity index (χ0) is 9.90. The van der Waals surface area contributed by atoms with Crippen molar-refractivity contribution in [2.45, 2.75) is 12.5 Å². The van der Waals surface area contributed by atoms with Gasteiger partial charge in [-0.3, -0.25) is 0 Å². The van der Waals surface area contributed by atoms with E-state index in [2.05, 4.69) is 5.92 Å². The number of aryl methyl sites for hydroxylation is 1. The molecule has 1 atom stereocenters. The van der Waals surface area contributed by atoms with Crippen LogP contribution in [-0.4, -0.2) is 16.8 Å². The van der Waals surface area contributed by atoms with Gasteiger partial charge in [0, 0.05) is 0 Å². The normalized spacial score (nSPS) is 14.6. The second kappa shape index (κ2) is 3.61. The van der Waals surface area contributed by atoms with Crippen LogP contribution in [0.4, 0.5) is 0 Å². The van der Waals surface area contributed by atoms with Crippen molar-refractivity contribution in [3.05, 3.63) is 35.4 Å². The minimum Gasteiger partial charge on any atom is -0.392 e. The fourth-order valence-electron chi connectivity index (χ4n) is 1.05. The summed E-state index contributed by atoms with van der Waals surface area (Å²) in [7, 11) is 0. The van der Waals surface area contributed by atoms with Gasteiger partial charge in [-0.25, -0.2) is 0 Å². The van der Waals surface area contributed by atoms with E-state index in [1.54, 1.807) is 12.1 Å². The molecule has 2 nitrogen and oxygen atoms in total. The van der Waals surface area contributed by atoms with Crippen LogP contribution < -0.4 is 0 Å². The first-order valence-corrected chi connectivity index (χ1v) is 4.00. The van der Waals surface area contributed by atoms with Crippen LogP contribution >= 0.6 is 0 Å². The summed E-state index contributed by atoms with van der Waals surface area (Å²) in [6.45, 7) is 1.48. The molecule has 0 saturated heterocycles. The molecule has 0 bridgehead atoms. The van der Waals surface area contributed by atoms with Gasteiger partial charge in [0.2, 0.25) is 0 Å². The minimum atomic E-state index is -1.55. The van der Waals surface area contributed by atoms with Gasteiger partial charge in [-0.2, -0.15) is 0 Å². The van der Waals surface area contributed by atoms with Gasteiger partial charge in [-0.15, -0.1) is 6.42 Å². The van der Waals surface area contributed by atoms with Crippen LogP contribution in [0.5, 0.6) is 0 Å². The Morgan fingerprint density at radius 1 is 1.38 bits per heavy atom. The number of aliphatic hydroxyl groups excluding tert-OH is 1. The van der Waals surface area contributed by atoms with E-state index < -0.39 is 12.2 Å². The Hall–Kier alpha value is -1.30. The Morgan fingerprint density at radius 2 is 1.92 bits per heavy atom. The third-order valence-electron chi connectivity index (χ3n) is 2.00. The zero-order valence-electron chi connectivity index (χ0n) is 7.49. The molecule has 0 heterocycles. The third-order valence-corrected chi connectivity index (χ3v) is 2.00. The van der Waals surface area contributed by atoms with Crippen LogP contribution in [0.25, 0.3) is 0 Å². The Kier molecular flexibility index (Phi) is 2.72. The van der Waals surface area contributed by atoms with Crippen molar-refractivity contribution < 1.29 is 10.2 Å². The predicted molar refractivity (Wildman–Crippen MR) is 51.0 cm³/mol. The molecule has 1 unspecified atom stereocenters. The fraction of sp³-hybridized carbons (Fsp3) is 0.273. The Balaban J connectivity index is 3.08. The Labute approximate surface area is 77.8 Å². The second-order valence-corrected chi connectivity index (χ2v) is 3.03. The van der Waals surface area contributed by atoms with Gasteiger partial charge in [-0.1, -0.05) is 35.7 Å². The van der Waals surface area contributed by atoms with Gasteiger partial charge in [-0.05, 0) is 12.5 Å². The average molecular weight is 176 g/mol. The molecule has 0 aromatic heterocycles. The van der Waals surface area contributed by atoms with E-state index in [4.69, 9.17) is 11.5 Å². The second-order valence-electron chi connectivity index (χ2n) is 3.03. The van der Waals surface area contributed by atoms with Gasteiger partial charge >= 0.3 is 0 Å². The maximum atomic E-state index is 9.70. The third kappa shape index (κ3) is 1.89. The van der Waals surface area contributed by atoms with Crippen molar-refractivity contribution in [2.75, 3.05) is 6.61 Å². The molecule has 1 aromatic carbocycles. The van der Waals surface area contributed by atoms with Crippen molar-refractivity contribution in [2.24, 2.45) is 0 Å². The molecule has 0 aliphatic heterocycles. The van der Waals surface area contributed by atoms with Crippen LogP contribution in [0, 0.1) is 19.3 Å². The van der Waals surface area contributed by atoms with Gasteiger partial charge in [0.05, 0.1) is 6.61 Å². The molecule has 0 spiro atoms. The summed E-state index contributed by atoms with van der Waals surface area (Å²) < 4.78 is 0. The summed E-state index contributed by atoms with van der Waals surface area (Å²) in [4.78, 5) is 0. The van der Waals surface area contributed by atoms with E-state index in [0.29, 0.717) is 5.56 Å². The maximum absolute atomic E-state index is 9.70. The summed E-state index contributed by atoms with van der Waals surface area (Å²) in [6.07, 6.45) is 5.13. The van der Waals surface area contributed by atoms with Crippen molar-refractivity contribution in [3.8, 4) is 12.3 Å². The molecule has 0 fully saturated rings. The summed E-state index contributed by atoms with van der Waals surface area (Å²) in [6, 6.07) is 7.11. The van der Waals surface area contributed by atoms with Crippen molar-refractivity contribution in [1.82, 2.24) is 0 Å². The van der Waals surface area contributed by atoms with Gasteiger partial charge in [0.1, 0.15) is 0 Å². The molecule has 2 heteroatoms. The smallest absolute Gasteiger partial charge is 0.173 e. The maximum Gasteiger partial charge on any atom is 0.173 e. The van der Waals surface area contributed by atoms with E-state index in [1.165, 1.54) is 0 Å². The molecule has 1 aromatic rings. The summed E-state index contributed by atoms with van der Waals surface area (Å²) in [5, 5.41) is 18.6. The lowest BCUT2D eigenvalue weighted by atomic mass is 9.95. The van der Waals surface area contributed by atoms with Gasteiger partial charge in [0.15, 0.2) is 5.60 Å². The molecule has 0 radical (unpaired) electrons. The lowest BCUT2D eigenvalue weighted by Gasteiger charge is -2.19. The number of hydrogen-bond donors (Lipinski definition) is 2. The lowest BCUT2D eigenvalue weighted by Crippen LogP contribution is -2.27. The number of terminal acetylenes is 1. The zero-order valence-corrected chi connectivity index (χ0v) is 7.49. The molecule has 0 aliphatic carbocycles. The monoisotopic (exact) mass is 176 g/mol. The van der Waals surface area contributed by atoms with Crippen LogP contribution in [0.1, 0.15) is 11.1 Å². The van der Waals surface area contributed by atoms with E-state index in [-0.39, 0.29) is 0 Å². The number of rotatable bonds is 2. The van der Waals surface area contributed by atoms with Gasteiger partial charge < -0.3 is 10.2 Å². The SMILES string of the molecule is C#CC(O)(CO)c1ccc(C)cc1. The molecule has 13 heavy (non-hydrogen) atoms. The van der Waals surface area contributed by atoms with E-state index in [1.807, 2.05) is 19.1 Å². The molecule has 1 rings (SSSR count). The first kappa shape index (κ1) is 9.79. The number of benzene rings is 1. The molecule has 68 valence electrons. The molecule has 0 aliphatic rings. The van der Waals surface area contributed by atoms with E-state index in [9.17, 15) is 5.11 Å². The number of aliphatic hydroxyl groups is 2. The van der Waals surface area contributed by atoms with Crippen LogP contribution in [0.2, 0.25) is 0 Å². The highest BCUT2D eigenvalue weighted by Gasteiger charge is 2.24.